The van der Waals surface area contributed by atoms with Crippen molar-refractivity contribution < 1.29 is 23.1 Å². The minimum Gasteiger partial charge on any atom is -0.450 e. The molecule has 0 unspecified atom stereocenters. The van der Waals surface area contributed by atoms with Crippen LogP contribution >= 0.6 is 0 Å². The van der Waals surface area contributed by atoms with Gasteiger partial charge >= 0.3 is 6.09 Å². The largest absolute Gasteiger partial charge is 0.450 e. The molecule has 8 heteroatoms. The Hall–Kier alpha value is -2.38. The van der Waals surface area contributed by atoms with Gasteiger partial charge in [-0.05, 0) is 19.1 Å². The van der Waals surface area contributed by atoms with Gasteiger partial charge in [0.05, 0.1) is 12.3 Å². The van der Waals surface area contributed by atoms with Crippen molar-refractivity contribution in [3.05, 3.63) is 29.8 Å². The van der Waals surface area contributed by atoms with Gasteiger partial charge in [0, 0.05) is 45.2 Å². The smallest absolute Gasteiger partial charge is 0.409 e. The Morgan fingerprint density at radius 3 is 2.46 bits per heavy atom. The summed E-state index contributed by atoms with van der Waals surface area (Å²) < 4.78 is 31.2. The van der Waals surface area contributed by atoms with Gasteiger partial charge in [0.15, 0.2) is 0 Å². The van der Waals surface area contributed by atoms with Crippen molar-refractivity contribution in [3.8, 4) is 0 Å². The number of halogens is 2. The number of hydrogen-bond acceptors (Lipinski definition) is 4. The van der Waals surface area contributed by atoms with E-state index in [-0.39, 0.29) is 30.7 Å². The molecule has 24 heavy (non-hydrogen) atoms. The Bertz CT molecular complexity index is 590. The number of nitrogens with zero attached hydrogens (tertiary/aromatic N) is 2. The van der Waals surface area contributed by atoms with Crippen molar-refractivity contribution in [1.29, 1.82) is 0 Å². The highest BCUT2D eigenvalue weighted by atomic mass is 19.1. The molecule has 0 atom stereocenters. The summed E-state index contributed by atoms with van der Waals surface area (Å²) in [4.78, 5) is 26.9. The van der Waals surface area contributed by atoms with E-state index < -0.39 is 11.6 Å². The summed E-state index contributed by atoms with van der Waals surface area (Å²) in [6, 6.07) is 3.24. The Kier molecular flexibility index (Phi) is 6.34. The van der Waals surface area contributed by atoms with Crippen LogP contribution in [0.1, 0.15) is 13.3 Å². The topological polar surface area (TPSA) is 61.9 Å². The number of nitrogens with one attached hydrogen (secondary N) is 1. The zero-order valence-electron chi connectivity index (χ0n) is 13.6. The predicted octanol–water partition coefficient (Wildman–Crippen LogP) is 2.07. The molecule has 0 radical (unpaired) electrons. The molecule has 1 aliphatic rings. The van der Waals surface area contributed by atoms with Crippen LogP contribution in [0.4, 0.5) is 19.3 Å². The Labute approximate surface area is 139 Å². The number of anilines is 1. The van der Waals surface area contributed by atoms with Crippen molar-refractivity contribution in [3.63, 3.8) is 0 Å². The molecule has 0 aromatic heterocycles. The Morgan fingerprint density at radius 2 is 1.83 bits per heavy atom. The standard InChI is InChI=1S/C16H21F2N3O3/c1-2-24-16(23)21-9-7-20(8-10-21)15(22)5-6-19-14-4-3-12(17)11-13(14)18/h3-4,11,19H,2,5-10H2,1H3. The average Bonchev–Trinajstić information content (AvgIpc) is 2.57. The lowest BCUT2D eigenvalue weighted by atomic mass is 10.2. The quantitative estimate of drug-likeness (QED) is 0.891. The summed E-state index contributed by atoms with van der Waals surface area (Å²) >= 11 is 0. The van der Waals surface area contributed by atoms with Crippen LogP contribution < -0.4 is 5.32 Å². The molecule has 1 aliphatic heterocycles. The number of carbonyl (C=O) groups is 2. The van der Waals surface area contributed by atoms with Gasteiger partial charge in [0.1, 0.15) is 11.6 Å². The van der Waals surface area contributed by atoms with Gasteiger partial charge in [-0.1, -0.05) is 0 Å². The normalized spacial score (nSPS) is 14.5. The molecule has 0 saturated carbocycles. The highest BCUT2D eigenvalue weighted by Gasteiger charge is 2.24. The van der Waals surface area contributed by atoms with Gasteiger partial charge in [-0.15, -0.1) is 0 Å². The first-order valence-corrected chi connectivity index (χ1v) is 7.89. The third-order valence-corrected chi connectivity index (χ3v) is 3.74. The summed E-state index contributed by atoms with van der Waals surface area (Å²) in [5, 5.41) is 2.78. The summed E-state index contributed by atoms with van der Waals surface area (Å²) in [7, 11) is 0. The van der Waals surface area contributed by atoms with Crippen LogP contribution in [0.3, 0.4) is 0 Å². The highest BCUT2D eigenvalue weighted by Crippen LogP contribution is 2.15. The number of benzene rings is 1. The van der Waals surface area contributed by atoms with E-state index in [0.717, 1.165) is 12.1 Å². The maximum atomic E-state index is 13.5. The lowest BCUT2D eigenvalue weighted by Crippen LogP contribution is -2.50. The van der Waals surface area contributed by atoms with E-state index in [1.807, 2.05) is 0 Å². The third kappa shape index (κ3) is 4.81. The number of hydrogen-bond donors (Lipinski definition) is 1. The Balaban J connectivity index is 1.73. The van der Waals surface area contributed by atoms with Gasteiger partial charge < -0.3 is 19.9 Å². The first kappa shape index (κ1) is 18.0. The fourth-order valence-corrected chi connectivity index (χ4v) is 2.45. The first-order valence-electron chi connectivity index (χ1n) is 7.89. The van der Waals surface area contributed by atoms with E-state index in [1.165, 1.54) is 6.07 Å². The number of piperazine rings is 1. The van der Waals surface area contributed by atoms with Gasteiger partial charge in [-0.2, -0.15) is 0 Å². The SMILES string of the molecule is CCOC(=O)N1CCN(C(=O)CCNc2ccc(F)cc2F)CC1. The van der Waals surface area contributed by atoms with E-state index in [1.54, 1.807) is 16.7 Å². The summed E-state index contributed by atoms with van der Waals surface area (Å²) in [5.41, 5.74) is 0.163. The van der Waals surface area contributed by atoms with Gasteiger partial charge in [0.25, 0.3) is 0 Å². The fraction of sp³-hybridized carbons (Fsp3) is 0.500. The second-order valence-electron chi connectivity index (χ2n) is 5.37. The lowest BCUT2D eigenvalue weighted by molar-refractivity contribution is -0.132. The maximum Gasteiger partial charge on any atom is 0.409 e. The van der Waals surface area contributed by atoms with Crippen LogP contribution in [0.15, 0.2) is 18.2 Å². The zero-order chi connectivity index (χ0) is 17.5. The maximum absolute atomic E-state index is 13.5. The molecule has 2 amide bonds. The molecule has 1 saturated heterocycles. The average molecular weight is 341 g/mol. The van der Waals surface area contributed by atoms with E-state index >= 15 is 0 Å². The van der Waals surface area contributed by atoms with Crippen LogP contribution in [0.5, 0.6) is 0 Å². The van der Waals surface area contributed by atoms with E-state index in [4.69, 9.17) is 4.74 Å². The van der Waals surface area contributed by atoms with Crippen molar-refractivity contribution in [1.82, 2.24) is 9.80 Å². The summed E-state index contributed by atoms with van der Waals surface area (Å²) in [6.45, 7) is 4.08. The minimum absolute atomic E-state index is 0.0754. The second-order valence-corrected chi connectivity index (χ2v) is 5.37. The lowest BCUT2D eigenvalue weighted by Gasteiger charge is -2.34. The van der Waals surface area contributed by atoms with Crippen molar-refractivity contribution in [2.24, 2.45) is 0 Å². The van der Waals surface area contributed by atoms with Crippen molar-refractivity contribution in [2.45, 2.75) is 13.3 Å². The number of rotatable bonds is 5. The van der Waals surface area contributed by atoms with Crippen molar-refractivity contribution in [2.75, 3.05) is 44.6 Å². The molecule has 1 fully saturated rings. The van der Waals surface area contributed by atoms with Gasteiger partial charge in [-0.3, -0.25) is 4.79 Å². The summed E-state index contributed by atoms with van der Waals surface area (Å²) in [6.07, 6.45) is -0.172. The van der Waals surface area contributed by atoms with Gasteiger partial charge in [-0.25, -0.2) is 13.6 Å². The fourth-order valence-electron chi connectivity index (χ4n) is 2.45. The Morgan fingerprint density at radius 1 is 1.17 bits per heavy atom. The third-order valence-electron chi connectivity index (χ3n) is 3.74. The molecule has 1 N–H and O–H groups in total. The van der Waals surface area contributed by atoms with Crippen LogP contribution in [0, 0.1) is 11.6 Å². The highest BCUT2D eigenvalue weighted by molar-refractivity contribution is 5.77. The molecule has 2 rings (SSSR count). The number of amides is 2. The van der Waals surface area contributed by atoms with E-state index in [0.29, 0.717) is 32.8 Å². The molecule has 0 spiro atoms. The van der Waals surface area contributed by atoms with Crippen molar-refractivity contribution >= 4 is 17.7 Å². The molecular formula is C16H21F2N3O3. The molecule has 1 aromatic carbocycles. The minimum atomic E-state index is -0.689. The van der Waals surface area contributed by atoms with Crippen LogP contribution in [-0.2, 0) is 9.53 Å². The number of ether oxygens (including phenoxy) is 1. The monoisotopic (exact) mass is 341 g/mol. The van der Waals surface area contributed by atoms with Gasteiger partial charge in [0.2, 0.25) is 5.91 Å². The van der Waals surface area contributed by atoms with Crippen LogP contribution in [0.2, 0.25) is 0 Å². The molecule has 0 bridgehead atoms. The number of carbonyl (C=O) groups excluding carboxylic acids is 2. The zero-order valence-corrected chi connectivity index (χ0v) is 13.6. The molecular weight excluding hydrogens is 320 g/mol. The van der Waals surface area contributed by atoms with E-state index in [9.17, 15) is 18.4 Å². The van der Waals surface area contributed by atoms with E-state index in [2.05, 4.69) is 5.32 Å². The molecule has 0 aliphatic carbocycles. The second kappa shape index (κ2) is 8.47. The molecule has 6 nitrogen and oxygen atoms in total. The first-order chi connectivity index (χ1) is 11.5. The molecule has 1 heterocycles. The molecule has 132 valence electrons. The van der Waals surface area contributed by atoms with Crippen LogP contribution in [0.25, 0.3) is 0 Å². The summed E-state index contributed by atoms with van der Waals surface area (Å²) in [5.74, 6) is -1.41. The molecule has 1 aromatic rings. The predicted molar refractivity (Wildman–Crippen MR) is 84.6 cm³/mol. The van der Waals surface area contributed by atoms with Crippen LogP contribution in [-0.4, -0.2) is 61.1 Å².